The molecule has 27 heavy (non-hydrogen) atoms. The number of piperidine rings is 1. The fraction of sp³-hybridized carbons (Fsp3) is 0.619. The summed E-state index contributed by atoms with van der Waals surface area (Å²) in [6.45, 7) is 7.18. The third-order valence-electron chi connectivity index (χ3n) is 5.51. The highest BCUT2D eigenvalue weighted by Gasteiger charge is 2.59. The Labute approximate surface area is 159 Å². The van der Waals surface area contributed by atoms with E-state index in [4.69, 9.17) is 9.47 Å². The Balaban J connectivity index is 1.63. The van der Waals surface area contributed by atoms with E-state index in [-0.39, 0.29) is 23.2 Å². The second kappa shape index (κ2) is 7.13. The maximum absolute atomic E-state index is 13.7. The average Bonchev–Trinajstić information content (AvgIpc) is 3.43. The van der Waals surface area contributed by atoms with Gasteiger partial charge in [0.15, 0.2) is 0 Å². The molecule has 1 saturated carbocycles. The molecule has 2 fully saturated rings. The van der Waals surface area contributed by atoms with E-state index in [1.165, 1.54) is 19.2 Å². The SMILES string of the molecule is COC(=O)C1(C(=O)N2CCC(Oc3ccc(F)cc3C(C)(C)C)CC2)CC1. The summed E-state index contributed by atoms with van der Waals surface area (Å²) in [6.07, 6.45) is 2.47. The molecule has 0 unspecified atom stereocenters. The van der Waals surface area contributed by atoms with Crippen molar-refractivity contribution in [2.75, 3.05) is 20.2 Å². The van der Waals surface area contributed by atoms with Crippen LogP contribution in [-0.2, 0) is 19.7 Å². The molecule has 1 aliphatic carbocycles. The topological polar surface area (TPSA) is 55.8 Å². The van der Waals surface area contributed by atoms with Gasteiger partial charge in [0.05, 0.1) is 7.11 Å². The lowest BCUT2D eigenvalue weighted by molar-refractivity contribution is -0.156. The number of methoxy groups -OCH3 is 1. The number of rotatable bonds is 4. The zero-order chi connectivity index (χ0) is 19.8. The third kappa shape index (κ3) is 3.94. The van der Waals surface area contributed by atoms with Gasteiger partial charge in [-0.25, -0.2) is 4.39 Å². The maximum Gasteiger partial charge on any atom is 0.321 e. The summed E-state index contributed by atoms with van der Waals surface area (Å²) in [4.78, 5) is 26.4. The fourth-order valence-corrected chi connectivity index (χ4v) is 3.68. The highest BCUT2D eigenvalue weighted by atomic mass is 19.1. The Morgan fingerprint density at radius 3 is 2.33 bits per heavy atom. The van der Waals surface area contributed by atoms with Crippen LogP contribution in [0.25, 0.3) is 0 Å². The Morgan fingerprint density at radius 2 is 1.81 bits per heavy atom. The van der Waals surface area contributed by atoms with Gasteiger partial charge in [0.1, 0.15) is 23.1 Å². The standard InChI is InChI=1S/C21H28FNO4/c1-20(2,3)16-13-14(22)5-6-17(16)27-15-7-11-23(12-8-15)18(24)21(9-10-21)19(25)26-4/h5-6,13,15H,7-12H2,1-4H3. The summed E-state index contributed by atoms with van der Waals surface area (Å²) < 4.78 is 24.6. The molecule has 1 aromatic carbocycles. The van der Waals surface area contributed by atoms with Crippen LogP contribution in [0.3, 0.4) is 0 Å². The van der Waals surface area contributed by atoms with E-state index in [9.17, 15) is 14.0 Å². The molecule has 0 spiro atoms. The van der Waals surface area contributed by atoms with E-state index in [0.717, 1.165) is 5.56 Å². The number of ether oxygens (including phenoxy) is 2. The fourth-order valence-electron chi connectivity index (χ4n) is 3.68. The summed E-state index contributed by atoms with van der Waals surface area (Å²) in [7, 11) is 1.32. The van der Waals surface area contributed by atoms with Crippen LogP contribution in [0, 0.1) is 11.2 Å². The first-order valence-corrected chi connectivity index (χ1v) is 9.52. The molecular weight excluding hydrogens is 349 g/mol. The number of amides is 1. The zero-order valence-electron chi connectivity index (χ0n) is 16.5. The Hall–Kier alpha value is -2.11. The van der Waals surface area contributed by atoms with Gasteiger partial charge in [-0.05, 0) is 36.5 Å². The molecule has 2 aliphatic rings. The largest absolute Gasteiger partial charge is 0.490 e. The highest BCUT2D eigenvalue weighted by Crippen LogP contribution is 2.48. The molecule has 1 amide bonds. The van der Waals surface area contributed by atoms with Crippen LogP contribution >= 0.6 is 0 Å². The second-order valence-electron chi connectivity index (χ2n) is 8.57. The van der Waals surface area contributed by atoms with Crippen molar-refractivity contribution in [1.29, 1.82) is 0 Å². The lowest BCUT2D eigenvalue weighted by Crippen LogP contribution is -2.47. The first-order valence-electron chi connectivity index (χ1n) is 9.52. The number of halogens is 1. The number of esters is 1. The second-order valence-corrected chi connectivity index (χ2v) is 8.57. The number of hydrogen-bond acceptors (Lipinski definition) is 4. The molecule has 6 heteroatoms. The molecular formula is C21H28FNO4. The number of benzene rings is 1. The van der Waals surface area contributed by atoms with Gasteiger partial charge in [-0.1, -0.05) is 20.8 Å². The first-order chi connectivity index (χ1) is 12.7. The molecule has 0 aromatic heterocycles. The lowest BCUT2D eigenvalue weighted by atomic mass is 9.86. The number of carbonyl (C=O) groups excluding carboxylic acids is 2. The predicted octanol–water partition coefficient (Wildman–Crippen LogP) is 3.45. The van der Waals surface area contributed by atoms with E-state index < -0.39 is 11.4 Å². The smallest absolute Gasteiger partial charge is 0.321 e. The molecule has 1 heterocycles. The van der Waals surface area contributed by atoms with Crippen molar-refractivity contribution in [1.82, 2.24) is 4.90 Å². The van der Waals surface area contributed by atoms with Gasteiger partial charge >= 0.3 is 5.97 Å². The van der Waals surface area contributed by atoms with Crippen LogP contribution in [0.2, 0.25) is 0 Å². The lowest BCUT2D eigenvalue weighted by Gasteiger charge is -2.35. The van der Waals surface area contributed by atoms with Crippen LogP contribution in [0.5, 0.6) is 5.75 Å². The van der Waals surface area contributed by atoms with Crippen molar-refractivity contribution in [2.24, 2.45) is 5.41 Å². The van der Waals surface area contributed by atoms with Crippen LogP contribution in [0.1, 0.15) is 52.0 Å². The van der Waals surface area contributed by atoms with Crippen molar-refractivity contribution in [2.45, 2.75) is 58.0 Å². The minimum Gasteiger partial charge on any atom is -0.490 e. The molecule has 0 bridgehead atoms. The van der Waals surface area contributed by atoms with E-state index >= 15 is 0 Å². The quantitative estimate of drug-likeness (QED) is 0.596. The summed E-state index contributed by atoms with van der Waals surface area (Å²) in [5.41, 5.74) is -0.338. The van der Waals surface area contributed by atoms with Gasteiger partial charge in [0.25, 0.3) is 0 Å². The molecule has 5 nitrogen and oxygen atoms in total. The Kier molecular flexibility index (Phi) is 5.19. The maximum atomic E-state index is 13.7. The molecule has 1 saturated heterocycles. The molecule has 0 radical (unpaired) electrons. The summed E-state index contributed by atoms with van der Waals surface area (Å²) in [5, 5.41) is 0. The zero-order valence-corrected chi connectivity index (χ0v) is 16.5. The van der Waals surface area contributed by atoms with E-state index in [1.54, 1.807) is 11.0 Å². The average molecular weight is 377 g/mol. The van der Waals surface area contributed by atoms with Gasteiger partial charge in [0, 0.05) is 31.5 Å². The molecule has 3 rings (SSSR count). The minimum absolute atomic E-state index is 0.0334. The number of carbonyl (C=O) groups is 2. The van der Waals surface area contributed by atoms with Crippen LogP contribution < -0.4 is 4.74 Å². The summed E-state index contributed by atoms with van der Waals surface area (Å²) in [6, 6.07) is 4.63. The van der Waals surface area contributed by atoms with Crippen LogP contribution in [-0.4, -0.2) is 43.1 Å². The molecule has 1 aliphatic heterocycles. The Bertz CT molecular complexity index is 728. The van der Waals surface area contributed by atoms with Crippen molar-refractivity contribution < 1.29 is 23.5 Å². The third-order valence-corrected chi connectivity index (χ3v) is 5.51. The van der Waals surface area contributed by atoms with Crippen LogP contribution in [0.4, 0.5) is 4.39 Å². The van der Waals surface area contributed by atoms with Crippen molar-refractivity contribution in [3.63, 3.8) is 0 Å². The minimum atomic E-state index is -0.946. The van der Waals surface area contributed by atoms with Gasteiger partial charge in [-0.15, -0.1) is 0 Å². The first kappa shape index (κ1) is 19.6. The predicted molar refractivity (Wildman–Crippen MR) is 99.0 cm³/mol. The van der Waals surface area contributed by atoms with Gasteiger partial charge < -0.3 is 14.4 Å². The molecule has 0 N–H and O–H groups in total. The monoisotopic (exact) mass is 377 g/mol. The number of likely N-dealkylation sites (tertiary alicyclic amines) is 1. The van der Waals surface area contributed by atoms with E-state index in [1.807, 2.05) is 20.8 Å². The number of nitrogens with zero attached hydrogens (tertiary/aromatic N) is 1. The van der Waals surface area contributed by atoms with Crippen molar-refractivity contribution in [3.05, 3.63) is 29.6 Å². The van der Waals surface area contributed by atoms with Gasteiger partial charge in [0.2, 0.25) is 5.91 Å². The molecule has 0 atom stereocenters. The molecule has 1 aromatic rings. The normalized spacial score (nSPS) is 19.5. The van der Waals surface area contributed by atoms with E-state index in [2.05, 4.69) is 0 Å². The summed E-state index contributed by atoms with van der Waals surface area (Å²) in [5.74, 6) is -0.121. The van der Waals surface area contributed by atoms with E-state index in [0.29, 0.717) is 44.5 Å². The highest BCUT2D eigenvalue weighted by molar-refractivity contribution is 6.05. The summed E-state index contributed by atoms with van der Waals surface area (Å²) >= 11 is 0. The van der Waals surface area contributed by atoms with Gasteiger partial charge in [-0.2, -0.15) is 0 Å². The number of hydrogen-bond donors (Lipinski definition) is 0. The van der Waals surface area contributed by atoms with Crippen LogP contribution in [0.15, 0.2) is 18.2 Å². The molecule has 148 valence electrons. The van der Waals surface area contributed by atoms with Crippen molar-refractivity contribution in [3.8, 4) is 5.75 Å². The Morgan fingerprint density at radius 1 is 1.19 bits per heavy atom. The van der Waals surface area contributed by atoms with Gasteiger partial charge in [-0.3, -0.25) is 9.59 Å². The van der Waals surface area contributed by atoms with Crippen molar-refractivity contribution >= 4 is 11.9 Å².